The fourth-order valence-electron chi connectivity index (χ4n) is 1.67. The van der Waals surface area contributed by atoms with Crippen molar-refractivity contribution in [1.82, 2.24) is 5.32 Å². The van der Waals surface area contributed by atoms with Crippen molar-refractivity contribution in [2.75, 3.05) is 19.8 Å². The Hall–Kier alpha value is -0.130. The third kappa shape index (κ3) is 5.84. The van der Waals surface area contributed by atoms with Crippen molar-refractivity contribution in [2.24, 2.45) is 5.92 Å². The summed E-state index contributed by atoms with van der Waals surface area (Å²) in [5.74, 6) is 0.884. The van der Waals surface area contributed by atoms with E-state index in [2.05, 4.69) is 52.2 Å². The van der Waals surface area contributed by atoms with Gasteiger partial charge in [-0.25, -0.2) is 0 Å². The molecule has 0 radical (unpaired) electrons. The molecule has 2 rings (SSSR count). The highest BCUT2D eigenvalue weighted by Crippen LogP contribution is 2.28. The molecule has 0 unspecified atom stereocenters. The van der Waals surface area contributed by atoms with Crippen molar-refractivity contribution in [3.05, 3.63) is 33.4 Å². The molecule has 0 bridgehead atoms. The molecule has 1 aliphatic carbocycles. The van der Waals surface area contributed by atoms with Gasteiger partial charge in [-0.2, -0.15) is 0 Å². The van der Waals surface area contributed by atoms with E-state index in [-0.39, 0.29) is 0 Å². The summed E-state index contributed by atoms with van der Waals surface area (Å²) in [7, 11) is 0. The topological polar surface area (TPSA) is 21.3 Å². The summed E-state index contributed by atoms with van der Waals surface area (Å²) in [5, 5.41) is 3.44. The van der Waals surface area contributed by atoms with E-state index in [0.717, 1.165) is 38.6 Å². The van der Waals surface area contributed by atoms with E-state index in [4.69, 9.17) is 4.74 Å². The summed E-state index contributed by atoms with van der Waals surface area (Å²) >= 11 is 2.33. The predicted octanol–water partition coefficient (Wildman–Crippen LogP) is 3.20. The lowest BCUT2D eigenvalue weighted by atomic mass is 10.2. The molecule has 1 aromatic carbocycles. The lowest BCUT2D eigenvalue weighted by Gasteiger charge is -2.06. The molecular weight excluding hydrogens is 325 g/mol. The first-order valence-electron chi connectivity index (χ1n) is 6.37. The van der Waals surface area contributed by atoms with Crippen LogP contribution in [0.2, 0.25) is 0 Å². The fourth-order valence-corrected chi connectivity index (χ4v) is 2.03. The van der Waals surface area contributed by atoms with E-state index in [1.165, 1.54) is 22.0 Å². The zero-order valence-corrected chi connectivity index (χ0v) is 12.3. The molecule has 0 heterocycles. The molecule has 94 valence electrons. The highest BCUT2D eigenvalue weighted by molar-refractivity contribution is 14.1. The minimum Gasteiger partial charge on any atom is -0.381 e. The molecule has 0 amide bonds. The molecule has 1 aliphatic rings. The zero-order valence-electron chi connectivity index (χ0n) is 10.1. The third-order valence-corrected chi connectivity index (χ3v) is 3.65. The Labute approximate surface area is 117 Å². The maximum atomic E-state index is 5.58. The third-order valence-electron chi connectivity index (χ3n) is 2.94. The number of halogens is 1. The Balaban J connectivity index is 1.46. The van der Waals surface area contributed by atoms with Crippen LogP contribution < -0.4 is 5.32 Å². The second kappa shape index (κ2) is 7.34. The largest absolute Gasteiger partial charge is 0.381 e. The first kappa shape index (κ1) is 13.3. The first-order valence-corrected chi connectivity index (χ1v) is 7.45. The molecule has 0 atom stereocenters. The molecule has 1 aromatic rings. The number of hydrogen-bond donors (Lipinski definition) is 1. The van der Waals surface area contributed by atoms with Gasteiger partial charge in [0.2, 0.25) is 0 Å². The average Bonchev–Trinajstić information content (AvgIpc) is 3.14. The van der Waals surface area contributed by atoms with E-state index in [1.54, 1.807) is 0 Å². The quantitative estimate of drug-likeness (QED) is 0.577. The van der Waals surface area contributed by atoms with Crippen molar-refractivity contribution < 1.29 is 4.74 Å². The van der Waals surface area contributed by atoms with Gasteiger partial charge in [-0.1, -0.05) is 12.1 Å². The standard InChI is InChI=1S/C14H20INO/c15-14-6-4-12(5-7-14)10-16-8-1-9-17-11-13-2-3-13/h4-7,13,16H,1-3,8-11H2. The summed E-state index contributed by atoms with van der Waals surface area (Å²) < 4.78 is 6.88. The molecule has 0 spiro atoms. The Bertz CT molecular complexity index is 321. The normalized spacial score (nSPS) is 15.1. The Morgan fingerprint density at radius 2 is 2.00 bits per heavy atom. The molecule has 0 aromatic heterocycles. The highest BCUT2D eigenvalue weighted by atomic mass is 127. The molecule has 1 fully saturated rings. The van der Waals surface area contributed by atoms with Crippen molar-refractivity contribution in [2.45, 2.75) is 25.8 Å². The van der Waals surface area contributed by atoms with Crippen LogP contribution in [0.3, 0.4) is 0 Å². The van der Waals surface area contributed by atoms with Crippen LogP contribution in [0, 0.1) is 9.49 Å². The van der Waals surface area contributed by atoms with Gasteiger partial charge in [0.05, 0.1) is 0 Å². The van der Waals surface area contributed by atoms with Gasteiger partial charge in [-0.3, -0.25) is 0 Å². The number of benzene rings is 1. The van der Waals surface area contributed by atoms with Gasteiger partial charge in [0.15, 0.2) is 0 Å². The second-order valence-electron chi connectivity index (χ2n) is 4.68. The lowest BCUT2D eigenvalue weighted by molar-refractivity contribution is 0.122. The van der Waals surface area contributed by atoms with Gasteiger partial charge in [0.1, 0.15) is 0 Å². The summed E-state index contributed by atoms with van der Waals surface area (Å²) in [4.78, 5) is 0. The number of nitrogens with one attached hydrogen (secondary N) is 1. The average molecular weight is 345 g/mol. The number of hydrogen-bond acceptors (Lipinski definition) is 2. The number of ether oxygens (including phenoxy) is 1. The van der Waals surface area contributed by atoms with Crippen molar-refractivity contribution in [3.8, 4) is 0 Å². The van der Waals surface area contributed by atoms with Crippen LogP contribution in [0.1, 0.15) is 24.8 Å². The van der Waals surface area contributed by atoms with Gasteiger partial charge < -0.3 is 10.1 Å². The molecule has 2 nitrogen and oxygen atoms in total. The van der Waals surface area contributed by atoms with E-state index in [1.807, 2.05) is 0 Å². The van der Waals surface area contributed by atoms with Crippen molar-refractivity contribution >= 4 is 22.6 Å². The van der Waals surface area contributed by atoms with E-state index in [9.17, 15) is 0 Å². The summed E-state index contributed by atoms with van der Waals surface area (Å²) in [5.41, 5.74) is 1.35. The van der Waals surface area contributed by atoms with Gasteiger partial charge in [-0.15, -0.1) is 0 Å². The van der Waals surface area contributed by atoms with E-state index in [0.29, 0.717) is 0 Å². The molecule has 3 heteroatoms. The van der Waals surface area contributed by atoms with Crippen LogP contribution >= 0.6 is 22.6 Å². The second-order valence-corrected chi connectivity index (χ2v) is 5.92. The molecule has 17 heavy (non-hydrogen) atoms. The van der Waals surface area contributed by atoms with Crippen LogP contribution in [-0.2, 0) is 11.3 Å². The van der Waals surface area contributed by atoms with Crippen LogP contribution in [0.25, 0.3) is 0 Å². The lowest BCUT2D eigenvalue weighted by Crippen LogP contribution is -2.16. The summed E-state index contributed by atoms with van der Waals surface area (Å²) in [6.07, 6.45) is 3.87. The molecule has 0 aliphatic heterocycles. The monoisotopic (exact) mass is 345 g/mol. The van der Waals surface area contributed by atoms with Crippen molar-refractivity contribution in [1.29, 1.82) is 0 Å². The Morgan fingerprint density at radius 3 is 2.71 bits per heavy atom. The maximum Gasteiger partial charge on any atom is 0.0494 e. The Kier molecular flexibility index (Phi) is 5.74. The summed E-state index contributed by atoms with van der Waals surface area (Å²) in [6, 6.07) is 8.66. The minimum absolute atomic E-state index is 0.884. The maximum absolute atomic E-state index is 5.58. The zero-order chi connectivity index (χ0) is 11.9. The van der Waals surface area contributed by atoms with Gasteiger partial charge in [-0.05, 0) is 72.0 Å². The highest BCUT2D eigenvalue weighted by Gasteiger charge is 2.20. The van der Waals surface area contributed by atoms with Gasteiger partial charge >= 0.3 is 0 Å². The SMILES string of the molecule is Ic1ccc(CNCCCOCC2CC2)cc1. The van der Waals surface area contributed by atoms with Crippen LogP contribution in [0.15, 0.2) is 24.3 Å². The fraction of sp³-hybridized carbons (Fsp3) is 0.571. The smallest absolute Gasteiger partial charge is 0.0494 e. The Morgan fingerprint density at radius 1 is 1.24 bits per heavy atom. The van der Waals surface area contributed by atoms with E-state index >= 15 is 0 Å². The number of rotatable bonds is 8. The molecular formula is C14H20INO. The minimum atomic E-state index is 0.884. The van der Waals surface area contributed by atoms with Crippen LogP contribution in [-0.4, -0.2) is 19.8 Å². The first-order chi connectivity index (χ1) is 8.34. The molecule has 1 saturated carbocycles. The molecule has 0 saturated heterocycles. The van der Waals surface area contributed by atoms with Gasteiger partial charge in [0, 0.05) is 23.3 Å². The molecule has 1 N–H and O–H groups in total. The predicted molar refractivity (Wildman–Crippen MR) is 79.0 cm³/mol. The van der Waals surface area contributed by atoms with Crippen molar-refractivity contribution in [3.63, 3.8) is 0 Å². The van der Waals surface area contributed by atoms with E-state index < -0.39 is 0 Å². The van der Waals surface area contributed by atoms with Crippen LogP contribution in [0.5, 0.6) is 0 Å². The van der Waals surface area contributed by atoms with Crippen LogP contribution in [0.4, 0.5) is 0 Å². The summed E-state index contributed by atoms with van der Waals surface area (Å²) in [6.45, 7) is 3.88. The van der Waals surface area contributed by atoms with Gasteiger partial charge in [0.25, 0.3) is 0 Å².